The van der Waals surface area contributed by atoms with Crippen LogP contribution in [0.5, 0.6) is 0 Å². The Kier molecular flexibility index (Phi) is 65.5. The second-order valence-electron chi connectivity index (χ2n) is 26.4. The molecule has 0 aliphatic heterocycles. The number of amides is 1. The van der Waals surface area contributed by atoms with Gasteiger partial charge < -0.3 is 28.5 Å². The largest absolute Gasteiger partial charge is 0.756 e. The van der Waals surface area contributed by atoms with Crippen molar-refractivity contribution in [2.75, 3.05) is 40.9 Å². The van der Waals surface area contributed by atoms with E-state index in [4.69, 9.17) is 13.8 Å². The van der Waals surface area contributed by atoms with E-state index in [1.54, 1.807) is 0 Å². The van der Waals surface area contributed by atoms with Gasteiger partial charge in [0, 0.05) is 12.8 Å². The van der Waals surface area contributed by atoms with E-state index in [1.165, 1.54) is 205 Å². The monoisotopic (exact) mass is 1260 g/mol. The first kappa shape index (κ1) is 85.9. The van der Waals surface area contributed by atoms with Crippen LogP contribution in [0.15, 0.2) is 97.2 Å². The molecule has 0 bridgehead atoms. The summed E-state index contributed by atoms with van der Waals surface area (Å²) in [6.45, 7) is 6.81. The minimum atomic E-state index is -4.72. The van der Waals surface area contributed by atoms with Gasteiger partial charge in [-0.3, -0.25) is 14.2 Å². The fourth-order valence-corrected chi connectivity index (χ4v) is 11.4. The fraction of sp³-hybridized carbons (Fsp3) is 0.772. The summed E-state index contributed by atoms with van der Waals surface area (Å²) in [6.07, 6.45) is 92.4. The van der Waals surface area contributed by atoms with E-state index in [2.05, 4.69) is 111 Å². The third-order valence-corrected chi connectivity index (χ3v) is 17.5. The van der Waals surface area contributed by atoms with E-state index >= 15 is 0 Å². The smallest absolute Gasteiger partial charge is 0.306 e. The summed E-state index contributed by atoms with van der Waals surface area (Å²) in [6, 6.07) is -0.900. The number of quaternary nitrogens is 1. The summed E-state index contributed by atoms with van der Waals surface area (Å²) < 4.78 is 30.5. The number of nitrogens with one attached hydrogen (secondary N) is 1. The standard InChI is InChI=1S/C79H143N2O7P/c1-7-10-13-16-19-22-25-28-30-32-34-36-38-39-40-41-43-44-46-48-50-53-56-59-62-65-68-71-78(82)80-76(75-87-89(84,85)86-74-73-81(4,5)6)77(70-67-64-61-58-55-52-27-24-21-18-15-12-9-3)88-79(83)72-69-66-63-60-57-54-51-49-47-45-42-37-35-33-31-29-26-23-20-17-14-11-8-2/h19-20,22-23,28-31,34-37,45,47,67,70,76-77H,7-18,21,24-27,32-33,38-44,46,48-66,68-69,71-75H2,1-6H3,(H-,80,82,84,85)/b22-19-,23-20-,30-28-,31-29-,36-34-,37-35-,47-45-,70-67-. The topological polar surface area (TPSA) is 114 Å². The average molecular weight is 1260 g/mol. The fourth-order valence-electron chi connectivity index (χ4n) is 10.7. The van der Waals surface area contributed by atoms with Crippen LogP contribution in [0.1, 0.15) is 342 Å². The molecule has 0 aliphatic carbocycles. The molecule has 0 aromatic heterocycles. The SMILES string of the molecule is CCCCC/C=C\C/C=C\C/C=C\C/C=C\CCCCCCCCCC(=O)OC(/C=C\CCCCCCCCCCCCC)C(COP(=O)([O-])OCC[N+](C)(C)C)NC(=O)CCCCCCCCCCCCCCCC/C=C\C/C=C\C/C=C\CCCCC. The molecule has 1 amide bonds. The van der Waals surface area contributed by atoms with Crippen LogP contribution in [-0.4, -0.2) is 69.4 Å². The minimum Gasteiger partial charge on any atom is -0.756 e. The van der Waals surface area contributed by atoms with Crippen LogP contribution in [0, 0.1) is 0 Å². The number of unbranched alkanes of at least 4 members (excludes halogenated alkanes) is 38. The number of phosphoric ester groups is 1. The van der Waals surface area contributed by atoms with Gasteiger partial charge in [-0.15, -0.1) is 0 Å². The van der Waals surface area contributed by atoms with Gasteiger partial charge in [-0.1, -0.05) is 311 Å². The Morgan fingerprint density at radius 2 is 0.685 bits per heavy atom. The van der Waals surface area contributed by atoms with Gasteiger partial charge in [-0.25, -0.2) is 0 Å². The maximum atomic E-state index is 13.6. The highest BCUT2D eigenvalue weighted by Gasteiger charge is 2.27. The maximum Gasteiger partial charge on any atom is 0.306 e. The number of phosphoric acid groups is 1. The van der Waals surface area contributed by atoms with Crippen molar-refractivity contribution in [3.05, 3.63) is 97.2 Å². The van der Waals surface area contributed by atoms with E-state index in [0.717, 1.165) is 103 Å². The lowest BCUT2D eigenvalue weighted by Crippen LogP contribution is -2.47. The van der Waals surface area contributed by atoms with Gasteiger partial charge in [0.15, 0.2) is 0 Å². The highest BCUT2D eigenvalue weighted by molar-refractivity contribution is 7.45. The number of likely N-dealkylation sites (N-methyl/N-ethyl adjacent to an activating group) is 1. The maximum absolute atomic E-state index is 13.6. The van der Waals surface area contributed by atoms with Crippen molar-refractivity contribution in [2.45, 2.75) is 354 Å². The van der Waals surface area contributed by atoms with Crippen molar-refractivity contribution in [1.29, 1.82) is 0 Å². The molecule has 89 heavy (non-hydrogen) atoms. The Bertz CT molecular complexity index is 1840. The van der Waals surface area contributed by atoms with Gasteiger partial charge in [0.1, 0.15) is 19.3 Å². The second kappa shape index (κ2) is 67.8. The molecule has 0 rings (SSSR count). The molecule has 0 saturated carbocycles. The molecule has 0 radical (unpaired) electrons. The number of ether oxygens (including phenoxy) is 1. The van der Waals surface area contributed by atoms with Crippen LogP contribution in [0.3, 0.4) is 0 Å². The van der Waals surface area contributed by atoms with Gasteiger partial charge in [0.25, 0.3) is 7.82 Å². The van der Waals surface area contributed by atoms with Crippen molar-refractivity contribution in [3.63, 3.8) is 0 Å². The Morgan fingerprint density at radius 1 is 0.393 bits per heavy atom. The normalized spacial score (nSPS) is 14.0. The molecular formula is C79H143N2O7P. The summed E-state index contributed by atoms with van der Waals surface area (Å²) in [4.78, 5) is 40.3. The zero-order valence-corrected chi connectivity index (χ0v) is 60.0. The first-order valence-electron chi connectivity index (χ1n) is 37.5. The predicted octanol–water partition coefficient (Wildman–Crippen LogP) is 23.6. The first-order valence-corrected chi connectivity index (χ1v) is 39.0. The van der Waals surface area contributed by atoms with Crippen molar-refractivity contribution in [1.82, 2.24) is 5.32 Å². The molecule has 0 fully saturated rings. The Balaban J connectivity index is 5.06. The Morgan fingerprint density at radius 3 is 1.04 bits per heavy atom. The van der Waals surface area contributed by atoms with Gasteiger partial charge in [-0.2, -0.15) is 0 Å². The van der Waals surface area contributed by atoms with E-state index in [9.17, 15) is 19.0 Å². The van der Waals surface area contributed by atoms with Crippen LogP contribution >= 0.6 is 7.82 Å². The summed E-state index contributed by atoms with van der Waals surface area (Å²) in [7, 11) is 1.18. The van der Waals surface area contributed by atoms with Crippen molar-refractivity contribution < 1.29 is 37.3 Å². The lowest BCUT2D eigenvalue weighted by atomic mass is 10.0. The molecular weight excluding hydrogens is 1120 g/mol. The third-order valence-electron chi connectivity index (χ3n) is 16.5. The highest BCUT2D eigenvalue weighted by atomic mass is 31.2. The molecule has 0 saturated heterocycles. The van der Waals surface area contributed by atoms with Crippen molar-refractivity contribution >= 4 is 19.7 Å². The number of nitrogens with zero attached hydrogens (tertiary/aromatic N) is 1. The number of hydrogen-bond donors (Lipinski definition) is 1. The number of carbonyl (C=O) groups excluding carboxylic acids is 2. The third kappa shape index (κ3) is 69.1. The quantitative estimate of drug-likeness (QED) is 0.0212. The molecule has 0 aliphatic rings. The molecule has 0 aromatic carbocycles. The van der Waals surface area contributed by atoms with Gasteiger partial charge in [-0.05, 0) is 115 Å². The van der Waals surface area contributed by atoms with E-state index in [1.807, 2.05) is 33.3 Å². The molecule has 0 aromatic rings. The molecule has 3 unspecified atom stereocenters. The summed E-state index contributed by atoms with van der Waals surface area (Å²) in [5.74, 6) is -0.547. The summed E-state index contributed by atoms with van der Waals surface area (Å²) in [5, 5.41) is 3.05. The van der Waals surface area contributed by atoms with Crippen molar-refractivity contribution in [2.24, 2.45) is 0 Å². The number of allylic oxidation sites excluding steroid dienone is 15. The van der Waals surface area contributed by atoms with Gasteiger partial charge in [0.05, 0.1) is 33.8 Å². The zero-order valence-electron chi connectivity index (χ0n) is 59.1. The molecule has 1 N–H and O–H groups in total. The lowest BCUT2D eigenvalue weighted by Gasteiger charge is -2.30. The summed E-state index contributed by atoms with van der Waals surface area (Å²) in [5.41, 5.74) is 0. The van der Waals surface area contributed by atoms with Crippen LogP contribution in [0.4, 0.5) is 0 Å². The molecule has 0 heterocycles. The van der Waals surface area contributed by atoms with Crippen LogP contribution < -0.4 is 10.2 Å². The predicted molar refractivity (Wildman–Crippen MR) is 385 cm³/mol. The van der Waals surface area contributed by atoms with Crippen LogP contribution in [0.25, 0.3) is 0 Å². The molecule has 0 spiro atoms. The second-order valence-corrected chi connectivity index (χ2v) is 27.9. The van der Waals surface area contributed by atoms with Gasteiger partial charge >= 0.3 is 5.97 Å². The van der Waals surface area contributed by atoms with Gasteiger partial charge in [0.2, 0.25) is 5.91 Å². The number of hydrogen-bond acceptors (Lipinski definition) is 7. The Labute approximate surface area is 551 Å². The number of carbonyl (C=O) groups is 2. The highest BCUT2D eigenvalue weighted by Crippen LogP contribution is 2.38. The van der Waals surface area contributed by atoms with Crippen LogP contribution in [-0.2, 0) is 27.9 Å². The average Bonchev–Trinajstić information content (AvgIpc) is 3.57. The van der Waals surface area contributed by atoms with E-state index in [-0.39, 0.29) is 24.9 Å². The van der Waals surface area contributed by atoms with Crippen LogP contribution in [0.2, 0.25) is 0 Å². The number of rotatable bonds is 68. The summed E-state index contributed by atoms with van der Waals surface area (Å²) >= 11 is 0. The van der Waals surface area contributed by atoms with Crippen molar-refractivity contribution in [3.8, 4) is 0 Å². The molecule has 3 atom stereocenters. The molecule has 516 valence electrons. The molecule has 10 heteroatoms. The minimum absolute atomic E-state index is 0.0273. The first-order chi connectivity index (χ1) is 43.4. The Hall–Kier alpha value is -3.07. The van der Waals surface area contributed by atoms with E-state index in [0.29, 0.717) is 17.4 Å². The number of esters is 1. The zero-order chi connectivity index (χ0) is 64.9. The lowest BCUT2D eigenvalue weighted by molar-refractivity contribution is -0.870. The van der Waals surface area contributed by atoms with E-state index < -0.39 is 26.6 Å². The molecule has 9 nitrogen and oxygen atoms in total.